The Labute approximate surface area is 131 Å². The number of anilines is 1. The van der Waals surface area contributed by atoms with Crippen molar-refractivity contribution in [2.24, 2.45) is 0 Å². The monoisotopic (exact) mass is 320 g/mol. The summed E-state index contributed by atoms with van der Waals surface area (Å²) in [5, 5.41) is 4.09. The molecule has 0 aliphatic carbocycles. The maximum atomic E-state index is 12.3. The van der Waals surface area contributed by atoms with E-state index in [1.165, 1.54) is 34.4 Å². The molecule has 1 aliphatic rings. The molecule has 7 heteroatoms. The molecule has 2 amide bonds. The van der Waals surface area contributed by atoms with Crippen LogP contribution in [0.25, 0.3) is 0 Å². The van der Waals surface area contributed by atoms with Gasteiger partial charge in [0.1, 0.15) is 0 Å². The van der Waals surface area contributed by atoms with Crippen LogP contribution in [0.2, 0.25) is 0 Å². The van der Waals surface area contributed by atoms with Crippen LogP contribution in [0.5, 0.6) is 0 Å². The molecule has 1 aromatic heterocycles. The van der Waals surface area contributed by atoms with Crippen molar-refractivity contribution in [1.29, 1.82) is 0 Å². The Hall–Kier alpha value is -1.60. The number of thioether (sulfide) groups is 1. The second kappa shape index (κ2) is 6.44. The SMILES string of the molecule is CSc1nsc(NC(=O)N2CCc3ccccc3CC2)n1. The van der Waals surface area contributed by atoms with Crippen LogP contribution >= 0.6 is 23.3 Å². The zero-order valence-electron chi connectivity index (χ0n) is 11.7. The smallest absolute Gasteiger partial charge is 0.323 e. The molecule has 2 aromatic rings. The van der Waals surface area contributed by atoms with Crippen LogP contribution in [0.4, 0.5) is 9.93 Å². The third kappa shape index (κ3) is 3.36. The van der Waals surface area contributed by atoms with Gasteiger partial charge in [0.15, 0.2) is 0 Å². The van der Waals surface area contributed by atoms with Crippen LogP contribution < -0.4 is 5.32 Å². The molecular formula is C14H16N4OS2. The number of nitrogens with one attached hydrogen (secondary N) is 1. The molecule has 0 spiro atoms. The summed E-state index contributed by atoms with van der Waals surface area (Å²) in [4.78, 5) is 18.4. The molecule has 110 valence electrons. The average Bonchev–Trinajstić information content (AvgIpc) is 2.84. The zero-order chi connectivity index (χ0) is 14.7. The van der Waals surface area contributed by atoms with Gasteiger partial charge in [-0.3, -0.25) is 5.32 Å². The number of urea groups is 1. The lowest BCUT2D eigenvalue weighted by atomic mass is 10.0. The highest BCUT2D eigenvalue weighted by atomic mass is 32.2. The highest BCUT2D eigenvalue weighted by Crippen LogP contribution is 2.19. The number of hydrogen-bond donors (Lipinski definition) is 1. The van der Waals surface area contributed by atoms with Crippen molar-refractivity contribution in [2.45, 2.75) is 18.0 Å². The van der Waals surface area contributed by atoms with Crippen molar-refractivity contribution in [3.8, 4) is 0 Å². The van der Waals surface area contributed by atoms with Gasteiger partial charge in [-0.1, -0.05) is 36.0 Å². The molecule has 0 unspecified atom stereocenters. The predicted octanol–water partition coefficient (Wildman–Crippen LogP) is 2.89. The Morgan fingerprint density at radius 1 is 1.29 bits per heavy atom. The number of carbonyl (C=O) groups is 1. The first-order valence-electron chi connectivity index (χ1n) is 6.76. The normalized spacial score (nSPS) is 14.4. The van der Waals surface area contributed by atoms with Crippen LogP contribution in [-0.2, 0) is 12.8 Å². The maximum absolute atomic E-state index is 12.3. The van der Waals surface area contributed by atoms with E-state index >= 15 is 0 Å². The molecule has 2 heterocycles. The first-order valence-corrected chi connectivity index (χ1v) is 8.76. The van der Waals surface area contributed by atoms with Gasteiger partial charge >= 0.3 is 6.03 Å². The number of fused-ring (bicyclic) bond motifs is 1. The fourth-order valence-corrected chi connectivity index (χ4v) is 3.50. The van der Waals surface area contributed by atoms with Crippen molar-refractivity contribution in [3.05, 3.63) is 35.4 Å². The van der Waals surface area contributed by atoms with E-state index in [9.17, 15) is 4.79 Å². The van der Waals surface area contributed by atoms with Gasteiger partial charge < -0.3 is 4.90 Å². The summed E-state index contributed by atoms with van der Waals surface area (Å²) in [7, 11) is 0. The number of amides is 2. The van der Waals surface area contributed by atoms with Gasteiger partial charge in [0.25, 0.3) is 0 Å². The van der Waals surface area contributed by atoms with Gasteiger partial charge in [-0.25, -0.2) is 4.79 Å². The van der Waals surface area contributed by atoms with E-state index in [1.54, 1.807) is 0 Å². The van der Waals surface area contributed by atoms with E-state index in [0.717, 1.165) is 25.9 Å². The molecule has 5 nitrogen and oxygen atoms in total. The Morgan fingerprint density at radius 3 is 2.52 bits per heavy atom. The second-order valence-corrected chi connectivity index (χ2v) is 6.30. The molecule has 1 aliphatic heterocycles. The minimum atomic E-state index is -0.0911. The topological polar surface area (TPSA) is 58.1 Å². The highest BCUT2D eigenvalue weighted by Gasteiger charge is 2.19. The molecular weight excluding hydrogens is 304 g/mol. The molecule has 0 saturated heterocycles. The van der Waals surface area contributed by atoms with E-state index in [1.807, 2.05) is 11.2 Å². The van der Waals surface area contributed by atoms with Crippen LogP contribution in [0.1, 0.15) is 11.1 Å². The standard InChI is InChI=1S/C14H16N4OS2/c1-20-13-15-12(21-17-13)16-14(19)18-8-6-10-4-2-3-5-11(10)7-9-18/h2-5H,6-9H2,1H3,(H,15,16,17,19). The van der Waals surface area contributed by atoms with Crippen molar-refractivity contribution >= 4 is 34.5 Å². The van der Waals surface area contributed by atoms with Crippen LogP contribution in [-0.4, -0.2) is 39.6 Å². The number of hydrogen-bond acceptors (Lipinski definition) is 5. The molecule has 0 radical (unpaired) electrons. The zero-order valence-corrected chi connectivity index (χ0v) is 13.3. The summed E-state index contributed by atoms with van der Waals surface area (Å²) in [5.41, 5.74) is 2.68. The quantitative estimate of drug-likeness (QED) is 0.865. The Kier molecular flexibility index (Phi) is 4.40. The Morgan fingerprint density at radius 2 is 1.95 bits per heavy atom. The summed E-state index contributed by atoms with van der Waals surface area (Å²) < 4.78 is 4.14. The molecule has 0 atom stereocenters. The highest BCUT2D eigenvalue weighted by molar-refractivity contribution is 7.98. The number of aromatic nitrogens is 2. The van der Waals surface area contributed by atoms with E-state index in [0.29, 0.717) is 10.3 Å². The lowest BCUT2D eigenvalue weighted by molar-refractivity contribution is 0.214. The lowest BCUT2D eigenvalue weighted by Gasteiger charge is -2.19. The lowest BCUT2D eigenvalue weighted by Crippen LogP contribution is -2.36. The summed E-state index contributed by atoms with van der Waals surface area (Å²) in [5.74, 6) is 0. The van der Waals surface area contributed by atoms with Crippen molar-refractivity contribution in [1.82, 2.24) is 14.3 Å². The minimum absolute atomic E-state index is 0.0911. The van der Waals surface area contributed by atoms with E-state index in [2.05, 4.69) is 38.9 Å². The molecule has 0 fully saturated rings. The summed E-state index contributed by atoms with van der Waals surface area (Å²) in [6, 6.07) is 8.31. The van der Waals surface area contributed by atoms with Gasteiger partial charge in [-0.2, -0.15) is 9.36 Å². The molecule has 3 rings (SSSR count). The van der Waals surface area contributed by atoms with E-state index in [-0.39, 0.29) is 6.03 Å². The number of benzene rings is 1. The number of rotatable bonds is 2. The van der Waals surface area contributed by atoms with E-state index < -0.39 is 0 Å². The fourth-order valence-electron chi connectivity index (χ4n) is 2.39. The van der Waals surface area contributed by atoms with Crippen molar-refractivity contribution in [2.75, 3.05) is 24.7 Å². The maximum Gasteiger partial charge on any atom is 0.323 e. The van der Waals surface area contributed by atoms with Gasteiger partial charge in [0.2, 0.25) is 10.3 Å². The largest absolute Gasteiger partial charge is 0.324 e. The summed E-state index contributed by atoms with van der Waals surface area (Å²) >= 11 is 2.69. The van der Waals surface area contributed by atoms with E-state index in [4.69, 9.17) is 0 Å². The molecule has 1 N–H and O–H groups in total. The van der Waals surface area contributed by atoms with Crippen molar-refractivity contribution < 1.29 is 4.79 Å². The Bertz CT molecular complexity index is 616. The van der Waals surface area contributed by atoms with Crippen LogP contribution in [0.3, 0.4) is 0 Å². The predicted molar refractivity (Wildman–Crippen MR) is 86.1 cm³/mol. The summed E-state index contributed by atoms with van der Waals surface area (Å²) in [6.45, 7) is 1.47. The van der Waals surface area contributed by atoms with Crippen LogP contribution in [0, 0.1) is 0 Å². The number of carbonyl (C=O) groups excluding carboxylic acids is 1. The first kappa shape index (κ1) is 14.3. The average molecular weight is 320 g/mol. The van der Waals surface area contributed by atoms with Gasteiger partial charge in [0.05, 0.1) is 0 Å². The summed E-state index contributed by atoms with van der Waals surface area (Å²) in [6.07, 6.45) is 3.71. The third-order valence-corrected chi connectivity index (χ3v) is 4.81. The van der Waals surface area contributed by atoms with Gasteiger partial charge in [0, 0.05) is 24.6 Å². The number of nitrogens with zero attached hydrogens (tertiary/aromatic N) is 3. The minimum Gasteiger partial charge on any atom is -0.324 e. The Balaban J connectivity index is 1.64. The van der Waals surface area contributed by atoms with Gasteiger partial charge in [-0.05, 0) is 30.2 Å². The fraction of sp³-hybridized carbons (Fsp3) is 0.357. The first-order chi connectivity index (χ1) is 10.3. The second-order valence-electron chi connectivity index (χ2n) is 4.77. The molecule has 1 aromatic carbocycles. The molecule has 0 saturated carbocycles. The van der Waals surface area contributed by atoms with Gasteiger partial charge in [-0.15, -0.1) is 0 Å². The molecule has 0 bridgehead atoms. The van der Waals surface area contributed by atoms with Crippen molar-refractivity contribution in [3.63, 3.8) is 0 Å². The third-order valence-electron chi connectivity index (χ3n) is 3.51. The molecule has 21 heavy (non-hydrogen) atoms. The van der Waals surface area contributed by atoms with Crippen LogP contribution in [0.15, 0.2) is 29.4 Å².